The number of methoxy groups -OCH3 is 1. The van der Waals surface area contributed by atoms with E-state index in [-0.39, 0.29) is 6.61 Å². The molecule has 0 bridgehead atoms. The first-order valence-corrected chi connectivity index (χ1v) is 9.82. The highest BCUT2D eigenvalue weighted by Crippen LogP contribution is 2.28. The molecule has 0 spiro atoms. The van der Waals surface area contributed by atoms with Gasteiger partial charge in [-0.25, -0.2) is 0 Å². The Kier molecular flexibility index (Phi) is 9.68. The van der Waals surface area contributed by atoms with E-state index in [0.29, 0.717) is 18.0 Å². The van der Waals surface area contributed by atoms with Crippen LogP contribution in [0.5, 0.6) is 11.5 Å². The van der Waals surface area contributed by atoms with Crippen LogP contribution in [0.2, 0.25) is 0 Å². The molecule has 28 heavy (non-hydrogen) atoms. The summed E-state index contributed by atoms with van der Waals surface area (Å²) in [5.41, 5.74) is 2.08. The van der Waals surface area contributed by atoms with Gasteiger partial charge < -0.3 is 24.8 Å². The smallest absolute Gasteiger partial charge is 0.161 e. The van der Waals surface area contributed by atoms with E-state index in [4.69, 9.17) is 9.47 Å². The predicted octanol–water partition coefficient (Wildman–Crippen LogP) is 1.90. The number of rotatable bonds is 13. The molecule has 7 heteroatoms. The van der Waals surface area contributed by atoms with Gasteiger partial charge in [-0.15, -0.1) is 0 Å². The molecule has 0 unspecified atom stereocenters. The largest absolute Gasteiger partial charge is 0.493 e. The molecule has 0 fully saturated rings. The molecular weight excluding hydrogens is 356 g/mol. The Morgan fingerprint density at radius 1 is 1.18 bits per heavy atom. The van der Waals surface area contributed by atoms with Crippen molar-refractivity contribution in [3.05, 3.63) is 48.0 Å². The SMILES string of the molecule is CCN(CC)C[C@H](O)COc1ccc(CNCCc2cnccn2)cc1OC. The molecule has 1 aromatic heterocycles. The summed E-state index contributed by atoms with van der Waals surface area (Å²) in [5, 5.41) is 13.6. The van der Waals surface area contributed by atoms with Gasteiger partial charge in [0.25, 0.3) is 0 Å². The van der Waals surface area contributed by atoms with Crippen molar-refractivity contribution in [3.8, 4) is 11.5 Å². The zero-order chi connectivity index (χ0) is 20.2. The van der Waals surface area contributed by atoms with E-state index in [1.165, 1.54) is 0 Å². The maximum Gasteiger partial charge on any atom is 0.161 e. The Morgan fingerprint density at radius 3 is 2.68 bits per heavy atom. The van der Waals surface area contributed by atoms with Crippen LogP contribution < -0.4 is 14.8 Å². The third kappa shape index (κ3) is 7.42. The summed E-state index contributed by atoms with van der Waals surface area (Å²) in [4.78, 5) is 10.5. The number of hydrogen-bond donors (Lipinski definition) is 2. The molecule has 2 aromatic rings. The van der Waals surface area contributed by atoms with Crippen LogP contribution in [-0.2, 0) is 13.0 Å². The highest BCUT2D eigenvalue weighted by molar-refractivity contribution is 5.43. The fourth-order valence-corrected chi connectivity index (χ4v) is 2.87. The van der Waals surface area contributed by atoms with Gasteiger partial charge in [-0.2, -0.15) is 0 Å². The molecule has 2 N–H and O–H groups in total. The van der Waals surface area contributed by atoms with Crippen molar-refractivity contribution in [2.45, 2.75) is 32.9 Å². The fourth-order valence-electron chi connectivity index (χ4n) is 2.87. The molecule has 2 rings (SSSR count). The lowest BCUT2D eigenvalue weighted by Gasteiger charge is -2.22. The summed E-state index contributed by atoms with van der Waals surface area (Å²) >= 11 is 0. The van der Waals surface area contributed by atoms with E-state index >= 15 is 0 Å². The number of benzene rings is 1. The van der Waals surface area contributed by atoms with Crippen molar-refractivity contribution < 1.29 is 14.6 Å². The molecule has 0 aliphatic heterocycles. The van der Waals surface area contributed by atoms with Crippen LogP contribution in [-0.4, -0.2) is 66.0 Å². The van der Waals surface area contributed by atoms with Crippen molar-refractivity contribution in [2.75, 3.05) is 39.9 Å². The molecule has 0 saturated heterocycles. The quantitative estimate of drug-likeness (QED) is 0.507. The minimum Gasteiger partial charge on any atom is -0.493 e. The standard InChI is InChI=1S/C21H32N4O3/c1-4-25(5-2)15-19(26)16-28-20-7-6-17(12-21(20)27-3)13-22-9-8-18-14-23-10-11-24-18/h6-7,10-12,14,19,22,26H,4-5,8-9,13,15-16H2,1-3H3/t19-/m0/s1. The van der Waals surface area contributed by atoms with Gasteiger partial charge in [-0.3, -0.25) is 9.97 Å². The lowest BCUT2D eigenvalue weighted by atomic mass is 10.2. The van der Waals surface area contributed by atoms with E-state index in [9.17, 15) is 5.11 Å². The second-order valence-electron chi connectivity index (χ2n) is 6.56. The summed E-state index contributed by atoms with van der Waals surface area (Å²) in [5.74, 6) is 1.31. The van der Waals surface area contributed by atoms with Gasteiger partial charge in [0.05, 0.1) is 12.8 Å². The molecule has 0 aliphatic rings. The van der Waals surface area contributed by atoms with Crippen molar-refractivity contribution >= 4 is 0 Å². The molecule has 0 saturated carbocycles. The second-order valence-corrected chi connectivity index (χ2v) is 6.56. The lowest BCUT2D eigenvalue weighted by molar-refractivity contribution is 0.0705. The van der Waals surface area contributed by atoms with E-state index in [2.05, 4.69) is 34.0 Å². The third-order valence-electron chi connectivity index (χ3n) is 4.53. The zero-order valence-corrected chi connectivity index (χ0v) is 17.1. The molecule has 1 atom stereocenters. The minimum absolute atomic E-state index is 0.239. The van der Waals surface area contributed by atoms with Crippen molar-refractivity contribution in [3.63, 3.8) is 0 Å². The maximum absolute atomic E-state index is 10.2. The Balaban J connectivity index is 1.80. The first kappa shape index (κ1) is 22.1. The van der Waals surface area contributed by atoms with Crippen LogP contribution in [0.4, 0.5) is 0 Å². The van der Waals surface area contributed by atoms with Gasteiger partial charge in [-0.1, -0.05) is 19.9 Å². The number of aliphatic hydroxyl groups is 1. The van der Waals surface area contributed by atoms with Gasteiger partial charge in [-0.05, 0) is 30.8 Å². The molecule has 7 nitrogen and oxygen atoms in total. The summed E-state index contributed by atoms with van der Waals surface area (Å²) < 4.78 is 11.2. The molecule has 154 valence electrons. The Bertz CT molecular complexity index is 681. The maximum atomic E-state index is 10.2. The number of aromatic nitrogens is 2. The number of hydrogen-bond acceptors (Lipinski definition) is 7. The molecule has 1 aromatic carbocycles. The number of likely N-dealkylation sites (N-methyl/N-ethyl adjacent to an activating group) is 1. The molecule has 0 aliphatic carbocycles. The topological polar surface area (TPSA) is 79.7 Å². The highest BCUT2D eigenvalue weighted by atomic mass is 16.5. The number of aliphatic hydroxyl groups excluding tert-OH is 1. The normalized spacial score (nSPS) is 12.2. The van der Waals surface area contributed by atoms with Crippen LogP contribution in [0.1, 0.15) is 25.1 Å². The molecule has 0 amide bonds. The molecule has 0 radical (unpaired) electrons. The van der Waals surface area contributed by atoms with Crippen LogP contribution in [0.15, 0.2) is 36.8 Å². The van der Waals surface area contributed by atoms with E-state index in [1.54, 1.807) is 25.7 Å². The van der Waals surface area contributed by atoms with Crippen molar-refractivity contribution in [1.29, 1.82) is 0 Å². The van der Waals surface area contributed by atoms with Crippen molar-refractivity contribution in [2.24, 2.45) is 0 Å². The van der Waals surface area contributed by atoms with Crippen LogP contribution in [0, 0.1) is 0 Å². The minimum atomic E-state index is -0.535. The average molecular weight is 389 g/mol. The van der Waals surface area contributed by atoms with Crippen LogP contribution in [0.25, 0.3) is 0 Å². The second kappa shape index (κ2) is 12.3. The third-order valence-corrected chi connectivity index (χ3v) is 4.53. The first-order valence-electron chi connectivity index (χ1n) is 9.82. The Hall–Kier alpha value is -2.22. The number of ether oxygens (including phenoxy) is 2. The van der Waals surface area contributed by atoms with E-state index in [1.807, 2.05) is 18.2 Å². The first-order chi connectivity index (χ1) is 13.7. The fraction of sp³-hybridized carbons (Fsp3) is 0.524. The monoisotopic (exact) mass is 388 g/mol. The van der Waals surface area contributed by atoms with Gasteiger partial charge in [0.2, 0.25) is 0 Å². The zero-order valence-electron chi connectivity index (χ0n) is 17.1. The summed E-state index contributed by atoms with van der Waals surface area (Å²) in [6.07, 6.45) is 5.46. The predicted molar refractivity (Wildman–Crippen MR) is 110 cm³/mol. The number of nitrogens with one attached hydrogen (secondary N) is 1. The van der Waals surface area contributed by atoms with Gasteiger partial charge >= 0.3 is 0 Å². The van der Waals surface area contributed by atoms with E-state index < -0.39 is 6.10 Å². The molecular formula is C21H32N4O3. The highest BCUT2D eigenvalue weighted by Gasteiger charge is 2.12. The van der Waals surface area contributed by atoms with E-state index in [0.717, 1.165) is 43.9 Å². The summed E-state index contributed by atoms with van der Waals surface area (Å²) in [6, 6.07) is 5.86. The Morgan fingerprint density at radius 2 is 2.00 bits per heavy atom. The Labute approximate surface area is 167 Å². The average Bonchev–Trinajstić information content (AvgIpc) is 2.74. The molecule has 1 heterocycles. The lowest BCUT2D eigenvalue weighted by Crippen LogP contribution is -2.35. The summed E-state index contributed by atoms with van der Waals surface area (Å²) in [6.45, 7) is 8.37. The van der Waals surface area contributed by atoms with Gasteiger partial charge in [0.15, 0.2) is 11.5 Å². The van der Waals surface area contributed by atoms with Crippen molar-refractivity contribution in [1.82, 2.24) is 20.2 Å². The van der Waals surface area contributed by atoms with Gasteiger partial charge in [0.1, 0.15) is 12.7 Å². The van der Waals surface area contributed by atoms with Crippen LogP contribution >= 0.6 is 0 Å². The summed E-state index contributed by atoms with van der Waals surface area (Å²) in [7, 11) is 1.62. The van der Waals surface area contributed by atoms with Gasteiger partial charge in [0, 0.05) is 44.6 Å². The number of nitrogens with zero attached hydrogens (tertiary/aromatic N) is 3. The van der Waals surface area contributed by atoms with Crippen LogP contribution in [0.3, 0.4) is 0 Å².